The molecule has 0 radical (unpaired) electrons. The molecule has 11 heteroatoms. The Hall–Kier alpha value is -2.79. The molecule has 0 unspecified atom stereocenters. The molecule has 0 spiro atoms. The second-order valence-corrected chi connectivity index (χ2v) is 9.27. The van der Waals surface area contributed by atoms with E-state index in [9.17, 15) is 4.79 Å². The average molecular weight is 488 g/mol. The number of aromatic nitrogens is 3. The first-order valence-electron chi connectivity index (χ1n) is 10.6. The van der Waals surface area contributed by atoms with E-state index in [1.54, 1.807) is 12.4 Å². The van der Waals surface area contributed by atoms with Crippen molar-refractivity contribution in [3.63, 3.8) is 0 Å². The number of aryl methyl sites for hydroxylation is 2. The largest absolute Gasteiger partial charge is 0.395 e. The van der Waals surface area contributed by atoms with Crippen LogP contribution in [0.2, 0.25) is 5.02 Å². The van der Waals surface area contributed by atoms with Crippen LogP contribution >= 0.6 is 22.9 Å². The Kier molecular flexibility index (Phi) is 7.39. The van der Waals surface area contributed by atoms with E-state index in [0.29, 0.717) is 27.3 Å². The minimum Gasteiger partial charge on any atom is -0.395 e. The van der Waals surface area contributed by atoms with Crippen LogP contribution in [0.3, 0.4) is 0 Å². The number of nitrogens with zero attached hydrogens (tertiary/aromatic N) is 5. The molecule has 1 amide bonds. The highest BCUT2D eigenvalue weighted by atomic mass is 35.5. The Bertz CT molecular complexity index is 1110. The van der Waals surface area contributed by atoms with Gasteiger partial charge in [-0.15, -0.1) is 0 Å². The third-order valence-corrected chi connectivity index (χ3v) is 6.56. The van der Waals surface area contributed by atoms with Crippen LogP contribution < -0.4 is 15.5 Å². The number of anilines is 4. The molecule has 174 valence electrons. The molecule has 1 saturated heterocycles. The van der Waals surface area contributed by atoms with Crippen molar-refractivity contribution in [2.75, 3.05) is 54.9 Å². The van der Waals surface area contributed by atoms with E-state index in [0.717, 1.165) is 48.9 Å². The van der Waals surface area contributed by atoms with Crippen molar-refractivity contribution in [3.05, 3.63) is 51.9 Å². The number of piperazine rings is 1. The molecule has 1 aliphatic rings. The van der Waals surface area contributed by atoms with Gasteiger partial charge in [-0.05, 0) is 25.5 Å². The zero-order valence-corrected chi connectivity index (χ0v) is 20.1. The van der Waals surface area contributed by atoms with Crippen LogP contribution in [0.5, 0.6) is 0 Å². The van der Waals surface area contributed by atoms with Crippen molar-refractivity contribution in [1.29, 1.82) is 0 Å². The molecule has 3 aromatic rings. The monoisotopic (exact) mass is 487 g/mol. The lowest BCUT2D eigenvalue weighted by Crippen LogP contribution is -2.47. The van der Waals surface area contributed by atoms with E-state index in [-0.39, 0.29) is 12.5 Å². The van der Waals surface area contributed by atoms with Gasteiger partial charge in [0.05, 0.1) is 23.5 Å². The first-order valence-corrected chi connectivity index (χ1v) is 11.8. The molecule has 1 fully saturated rings. The van der Waals surface area contributed by atoms with Crippen molar-refractivity contribution in [2.24, 2.45) is 0 Å². The molecule has 3 aromatic heterocycles. The van der Waals surface area contributed by atoms with Crippen LogP contribution in [-0.4, -0.2) is 70.2 Å². The van der Waals surface area contributed by atoms with Gasteiger partial charge in [0, 0.05) is 62.6 Å². The van der Waals surface area contributed by atoms with Gasteiger partial charge in [-0.2, -0.15) is 0 Å². The summed E-state index contributed by atoms with van der Waals surface area (Å²) < 4.78 is 0. The number of aliphatic hydroxyl groups is 1. The van der Waals surface area contributed by atoms with Crippen molar-refractivity contribution in [2.45, 2.75) is 13.8 Å². The lowest BCUT2D eigenvalue weighted by atomic mass is 10.2. The highest BCUT2D eigenvalue weighted by Gasteiger charge is 2.19. The average Bonchev–Trinajstić information content (AvgIpc) is 3.25. The quantitative estimate of drug-likeness (QED) is 0.466. The molecule has 0 aromatic carbocycles. The molecular weight excluding hydrogens is 462 g/mol. The second-order valence-electron chi connectivity index (χ2n) is 7.83. The first kappa shape index (κ1) is 23.4. The predicted molar refractivity (Wildman–Crippen MR) is 132 cm³/mol. The summed E-state index contributed by atoms with van der Waals surface area (Å²) in [6.45, 7) is 8.18. The summed E-state index contributed by atoms with van der Waals surface area (Å²) in [4.78, 5) is 30.7. The summed E-state index contributed by atoms with van der Waals surface area (Å²) in [7, 11) is 0. The fourth-order valence-corrected chi connectivity index (χ4v) is 4.64. The van der Waals surface area contributed by atoms with Gasteiger partial charge in [-0.3, -0.25) is 14.7 Å². The van der Waals surface area contributed by atoms with Gasteiger partial charge in [0.1, 0.15) is 10.7 Å². The maximum atomic E-state index is 12.7. The van der Waals surface area contributed by atoms with Crippen LogP contribution in [0.25, 0.3) is 0 Å². The summed E-state index contributed by atoms with van der Waals surface area (Å²) in [5.74, 6) is 0.627. The molecule has 0 bridgehead atoms. The summed E-state index contributed by atoms with van der Waals surface area (Å²) in [5, 5.41) is 16.3. The molecular formula is C22H26ClN7O2S. The molecule has 0 saturated carbocycles. The number of halogens is 1. The number of β-amino-alcohol motifs (C(OH)–C–C–N with tert-alkyl or cyclic N) is 1. The number of rotatable bonds is 7. The predicted octanol–water partition coefficient (Wildman–Crippen LogP) is 3.31. The number of aliphatic hydroxyl groups excluding tert-OH is 1. The van der Waals surface area contributed by atoms with Crippen molar-refractivity contribution in [1.82, 2.24) is 19.9 Å². The van der Waals surface area contributed by atoms with Crippen LogP contribution in [0.4, 0.5) is 22.3 Å². The van der Waals surface area contributed by atoms with E-state index >= 15 is 0 Å². The molecule has 4 rings (SSSR count). The number of hydrogen-bond acceptors (Lipinski definition) is 9. The molecule has 3 N–H and O–H groups in total. The van der Waals surface area contributed by atoms with Crippen molar-refractivity contribution >= 4 is 51.2 Å². The Morgan fingerprint density at radius 2 is 1.97 bits per heavy atom. The number of carbonyl (C=O) groups is 1. The third-order valence-electron chi connectivity index (χ3n) is 5.36. The molecule has 1 aliphatic heterocycles. The Morgan fingerprint density at radius 3 is 2.70 bits per heavy atom. The van der Waals surface area contributed by atoms with E-state index in [2.05, 4.69) is 35.4 Å². The fraction of sp³-hybridized carbons (Fsp3) is 0.364. The minimum atomic E-state index is -0.274. The number of amides is 1. The summed E-state index contributed by atoms with van der Waals surface area (Å²) in [5.41, 5.74) is 3.10. The minimum absolute atomic E-state index is 0.180. The smallest absolute Gasteiger partial charge is 0.267 e. The van der Waals surface area contributed by atoms with E-state index in [1.165, 1.54) is 17.5 Å². The van der Waals surface area contributed by atoms with Gasteiger partial charge < -0.3 is 20.6 Å². The topological polar surface area (TPSA) is 107 Å². The van der Waals surface area contributed by atoms with Crippen molar-refractivity contribution < 1.29 is 9.90 Å². The van der Waals surface area contributed by atoms with Crippen LogP contribution in [0.1, 0.15) is 20.9 Å². The van der Waals surface area contributed by atoms with Gasteiger partial charge in [0.25, 0.3) is 5.91 Å². The number of hydrogen-bond donors (Lipinski definition) is 3. The van der Waals surface area contributed by atoms with Gasteiger partial charge in [0.15, 0.2) is 5.13 Å². The van der Waals surface area contributed by atoms with Crippen LogP contribution in [-0.2, 0) is 0 Å². The number of nitrogens with one attached hydrogen (secondary N) is 2. The number of carbonyl (C=O) groups excluding carboxylic acids is 1. The summed E-state index contributed by atoms with van der Waals surface area (Å²) in [6, 6.07) is 3.95. The fourth-order valence-electron chi connectivity index (χ4n) is 3.65. The molecule has 4 heterocycles. The lowest BCUT2D eigenvalue weighted by molar-refractivity contribution is 0.103. The normalized spacial score (nSPS) is 14.4. The number of thiazole rings is 1. The Labute approximate surface area is 201 Å². The zero-order valence-electron chi connectivity index (χ0n) is 18.5. The molecule has 0 aliphatic carbocycles. The van der Waals surface area contributed by atoms with E-state index in [4.69, 9.17) is 16.7 Å². The van der Waals surface area contributed by atoms with E-state index in [1.807, 2.05) is 26.0 Å². The summed E-state index contributed by atoms with van der Waals surface area (Å²) >= 11 is 7.43. The highest BCUT2D eigenvalue weighted by molar-refractivity contribution is 7.17. The SMILES string of the molecule is Cc1cc(Nc2ncc(C(=O)Nc3c(C)cncc3Cl)s2)cc(N2CCN(CCO)CC2)n1. The number of pyridine rings is 2. The Morgan fingerprint density at radius 1 is 1.18 bits per heavy atom. The first-order chi connectivity index (χ1) is 15.9. The van der Waals surface area contributed by atoms with Gasteiger partial charge >= 0.3 is 0 Å². The molecule has 0 atom stereocenters. The lowest BCUT2D eigenvalue weighted by Gasteiger charge is -2.35. The van der Waals surface area contributed by atoms with Crippen molar-refractivity contribution in [3.8, 4) is 0 Å². The third kappa shape index (κ3) is 5.77. The Balaban J connectivity index is 1.43. The standard InChI is InChI=1S/C22H26ClN7O2S/c1-14-11-24-12-17(23)20(14)28-21(32)18-13-25-22(33-18)27-16-9-15(2)26-19(10-16)30-5-3-29(4-6-30)7-8-31/h9-13,31H,3-8H2,1-2H3,(H,24,28,32)(H,25,26,27). The van der Waals surface area contributed by atoms with Crippen LogP contribution in [0.15, 0.2) is 30.7 Å². The van der Waals surface area contributed by atoms with Gasteiger partial charge in [-0.25, -0.2) is 9.97 Å². The van der Waals surface area contributed by atoms with Crippen LogP contribution in [0, 0.1) is 13.8 Å². The highest BCUT2D eigenvalue weighted by Crippen LogP contribution is 2.28. The maximum absolute atomic E-state index is 12.7. The maximum Gasteiger partial charge on any atom is 0.267 e. The second kappa shape index (κ2) is 10.4. The molecule has 9 nitrogen and oxygen atoms in total. The van der Waals surface area contributed by atoms with E-state index < -0.39 is 0 Å². The van der Waals surface area contributed by atoms with Gasteiger partial charge in [-0.1, -0.05) is 22.9 Å². The zero-order chi connectivity index (χ0) is 23.4. The van der Waals surface area contributed by atoms with Gasteiger partial charge in [0.2, 0.25) is 0 Å². The molecule has 33 heavy (non-hydrogen) atoms. The summed E-state index contributed by atoms with van der Waals surface area (Å²) in [6.07, 6.45) is 4.69.